The first-order valence-electron chi connectivity index (χ1n) is 9.81. The third kappa shape index (κ3) is 4.22. The van der Waals surface area contributed by atoms with Crippen LogP contribution in [-0.2, 0) is 15.8 Å². The topological polar surface area (TPSA) is 66.5 Å². The standard InChI is InChI=1S/C22H17Br2F3N2O3/c23-16-9-13-14(10-17(16)24)21(32)29(20(13)31)12-5-3-4-11(8-12)19(30)28-18-7-2-1-6-15(18)22(25,26)27/h1-8,13-14,16-17H,9-10H2,(H,28,30)/t13-,14+,16+,17-. The molecule has 168 valence electrons. The van der Waals surface area contributed by atoms with Crippen LogP contribution in [0.5, 0.6) is 0 Å². The summed E-state index contributed by atoms with van der Waals surface area (Å²) in [7, 11) is 0. The van der Waals surface area contributed by atoms with Gasteiger partial charge in [-0.05, 0) is 43.2 Å². The molecule has 1 aliphatic heterocycles. The Labute approximate surface area is 198 Å². The third-order valence-electron chi connectivity index (χ3n) is 5.76. The van der Waals surface area contributed by atoms with Crippen LogP contribution in [-0.4, -0.2) is 27.4 Å². The summed E-state index contributed by atoms with van der Waals surface area (Å²) in [6, 6.07) is 10.4. The van der Waals surface area contributed by atoms with Crippen molar-refractivity contribution >= 4 is 61.0 Å². The van der Waals surface area contributed by atoms with Crippen LogP contribution >= 0.6 is 31.9 Å². The van der Waals surface area contributed by atoms with E-state index in [1.165, 1.54) is 36.4 Å². The molecule has 1 heterocycles. The Hall–Kier alpha value is -2.20. The second-order valence-corrected chi connectivity index (χ2v) is 10.1. The zero-order valence-corrected chi connectivity index (χ0v) is 19.6. The van der Waals surface area contributed by atoms with Gasteiger partial charge in [0.2, 0.25) is 11.8 Å². The van der Waals surface area contributed by atoms with E-state index in [2.05, 4.69) is 37.2 Å². The molecule has 1 saturated carbocycles. The molecule has 3 amide bonds. The van der Waals surface area contributed by atoms with E-state index in [0.29, 0.717) is 12.8 Å². The number of alkyl halides is 5. The minimum atomic E-state index is -4.63. The number of amides is 3. The maximum atomic E-state index is 13.2. The SMILES string of the molecule is O=C(Nc1ccccc1C(F)(F)F)c1cccc(N2C(=O)[C@H]3C[C@@H](Br)[C@@H](Br)C[C@H]3C2=O)c1. The van der Waals surface area contributed by atoms with Crippen LogP contribution in [0.15, 0.2) is 48.5 Å². The van der Waals surface area contributed by atoms with Crippen LogP contribution in [0.3, 0.4) is 0 Å². The molecule has 2 fully saturated rings. The van der Waals surface area contributed by atoms with Crippen molar-refractivity contribution < 1.29 is 27.6 Å². The summed E-state index contributed by atoms with van der Waals surface area (Å²) in [5.74, 6) is -2.33. The minimum Gasteiger partial charge on any atom is -0.321 e. The highest BCUT2D eigenvalue weighted by Gasteiger charge is 2.52. The summed E-state index contributed by atoms with van der Waals surface area (Å²) < 4.78 is 39.7. The number of benzene rings is 2. The van der Waals surface area contributed by atoms with Crippen molar-refractivity contribution in [2.75, 3.05) is 10.2 Å². The van der Waals surface area contributed by atoms with Crippen molar-refractivity contribution in [2.24, 2.45) is 11.8 Å². The summed E-state index contributed by atoms with van der Waals surface area (Å²) in [6.07, 6.45) is -3.61. The van der Waals surface area contributed by atoms with Gasteiger partial charge in [-0.15, -0.1) is 0 Å². The van der Waals surface area contributed by atoms with E-state index in [1.54, 1.807) is 0 Å². The number of rotatable bonds is 3. The molecule has 2 aliphatic rings. The number of fused-ring (bicyclic) bond motifs is 1. The van der Waals surface area contributed by atoms with E-state index in [0.717, 1.165) is 17.0 Å². The number of carbonyl (C=O) groups excluding carboxylic acids is 3. The molecule has 4 atom stereocenters. The van der Waals surface area contributed by atoms with Gasteiger partial charge in [0.1, 0.15) is 0 Å². The lowest BCUT2D eigenvalue weighted by atomic mass is 9.81. The zero-order chi connectivity index (χ0) is 23.2. The highest BCUT2D eigenvalue weighted by Crippen LogP contribution is 2.44. The average Bonchev–Trinajstić information content (AvgIpc) is 2.97. The molecule has 0 aromatic heterocycles. The van der Waals surface area contributed by atoms with E-state index >= 15 is 0 Å². The second kappa shape index (κ2) is 8.62. The molecule has 2 aromatic rings. The fraction of sp³-hybridized carbons (Fsp3) is 0.318. The number of para-hydroxylation sites is 1. The van der Waals surface area contributed by atoms with Crippen molar-refractivity contribution in [1.82, 2.24) is 0 Å². The number of nitrogens with one attached hydrogen (secondary N) is 1. The molecular formula is C22H17Br2F3N2O3. The van der Waals surface area contributed by atoms with Gasteiger partial charge in [-0.25, -0.2) is 0 Å². The van der Waals surface area contributed by atoms with Crippen molar-refractivity contribution in [2.45, 2.75) is 28.7 Å². The molecule has 1 aliphatic carbocycles. The molecule has 32 heavy (non-hydrogen) atoms. The molecule has 10 heteroatoms. The maximum absolute atomic E-state index is 13.2. The third-order valence-corrected chi connectivity index (χ3v) is 8.49. The van der Waals surface area contributed by atoms with Crippen molar-refractivity contribution in [3.05, 3.63) is 59.7 Å². The molecule has 0 bridgehead atoms. The van der Waals surface area contributed by atoms with Crippen LogP contribution in [0.25, 0.3) is 0 Å². The van der Waals surface area contributed by atoms with Gasteiger partial charge in [0.15, 0.2) is 0 Å². The second-order valence-electron chi connectivity index (χ2n) is 7.78. The Kier molecular flexibility index (Phi) is 6.19. The fourth-order valence-corrected chi connectivity index (χ4v) is 5.41. The summed E-state index contributed by atoms with van der Waals surface area (Å²) in [6.45, 7) is 0. The molecule has 4 rings (SSSR count). The van der Waals surface area contributed by atoms with Gasteiger partial charge in [-0.1, -0.05) is 50.1 Å². The fourth-order valence-electron chi connectivity index (χ4n) is 4.17. The summed E-state index contributed by atoms with van der Waals surface area (Å²) in [4.78, 5) is 39.8. The van der Waals surface area contributed by atoms with E-state index in [4.69, 9.17) is 0 Å². The Morgan fingerprint density at radius 3 is 2.12 bits per heavy atom. The predicted octanol–water partition coefficient (Wildman–Crippen LogP) is 5.38. The molecule has 0 radical (unpaired) electrons. The van der Waals surface area contributed by atoms with E-state index < -0.39 is 29.5 Å². The first-order valence-corrected chi connectivity index (χ1v) is 11.6. The van der Waals surface area contributed by atoms with E-state index in [9.17, 15) is 27.6 Å². The van der Waals surface area contributed by atoms with Crippen molar-refractivity contribution in [1.29, 1.82) is 0 Å². The quantitative estimate of drug-likeness (QED) is 0.396. The largest absolute Gasteiger partial charge is 0.418 e. The molecule has 1 saturated heterocycles. The predicted molar refractivity (Wildman–Crippen MR) is 120 cm³/mol. The number of carbonyl (C=O) groups is 3. The lowest BCUT2D eigenvalue weighted by Gasteiger charge is -2.29. The summed E-state index contributed by atoms with van der Waals surface area (Å²) >= 11 is 7.07. The lowest BCUT2D eigenvalue weighted by molar-refractivity contribution is -0.137. The maximum Gasteiger partial charge on any atom is 0.418 e. The van der Waals surface area contributed by atoms with Crippen LogP contribution in [0.2, 0.25) is 0 Å². The number of hydrogen-bond acceptors (Lipinski definition) is 3. The lowest BCUT2D eigenvalue weighted by Crippen LogP contribution is -2.34. The summed E-state index contributed by atoms with van der Waals surface area (Å²) in [5.41, 5.74) is -1.08. The first kappa shape index (κ1) is 23.0. The molecule has 5 nitrogen and oxygen atoms in total. The average molecular weight is 574 g/mol. The van der Waals surface area contributed by atoms with E-state index in [-0.39, 0.29) is 38.4 Å². The van der Waals surface area contributed by atoms with E-state index in [1.807, 2.05) is 0 Å². The Bertz CT molecular complexity index is 1060. The van der Waals surface area contributed by atoms with Gasteiger partial charge >= 0.3 is 6.18 Å². The molecule has 2 aromatic carbocycles. The van der Waals surface area contributed by atoms with Gasteiger partial charge in [-0.2, -0.15) is 13.2 Å². The van der Waals surface area contributed by atoms with Crippen molar-refractivity contribution in [3.63, 3.8) is 0 Å². The normalized spacial score (nSPS) is 25.6. The summed E-state index contributed by atoms with van der Waals surface area (Å²) in [5, 5.41) is 2.28. The highest BCUT2D eigenvalue weighted by molar-refractivity contribution is 9.12. The monoisotopic (exact) mass is 572 g/mol. The zero-order valence-electron chi connectivity index (χ0n) is 16.4. The van der Waals surface area contributed by atoms with Crippen LogP contribution in [0, 0.1) is 11.8 Å². The van der Waals surface area contributed by atoms with Gasteiger partial charge in [-0.3, -0.25) is 19.3 Å². The van der Waals surface area contributed by atoms with Gasteiger partial charge in [0.05, 0.1) is 28.8 Å². The van der Waals surface area contributed by atoms with Crippen LogP contribution in [0.4, 0.5) is 24.5 Å². The smallest absolute Gasteiger partial charge is 0.321 e. The number of anilines is 2. The molecular weight excluding hydrogens is 557 g/mol. The van der Waals surface area contributed by atoms with Gasteiger partial charge < -0.3 is 5.32 Å². The molecule has 0 spiro atoms. The minimum absolute atomic E-state index is 0.0340. The Balaban J connectivity index is 1.59. The number of halogens is 5. The van der Waals surface area contributed by atoms with Crippen LogP contribution < -0.4 is 10.2 Å². The Morgan fingerprint density at radius 1 is 0.938 bits per heavy atom. The Morgan fingerprint density at radius 2 is 1.53 bits per heavy atom. The van der Waals surface area contributed by atoms with Gasteiger partial charge in [0, 0.05) is 15.2 Å². The number of nitrogens with zero attached hydrogens (tertiary/aromatic N) is 1. The van der Waals surface area contributed by atoms with Crippen LogP contribution in [0.1, 0.15) is 28.8 Å². The molecule has 1 N–H and O–H groups in total. The van der Waals surface area contributed by atoms with Gasteiger partial charge in [0.25, 0.3) is 5.91 Å². The molecule has 0 unspecified atom stereocenters. The number of hydrogen-bond donors (Lipinski definition) is 1. The first-order chi connectivity index (χ1) is 15.1. The highest BCUT2D eigenvalue weighted by atomic mass is 79.9. The van der Waals surface area contributed by atoms with Crippen molar-refractivity contribution in [3.8, 4) is 0 Å². The number of imide groups is 1.